The molecule has 0 saturated heterocycles. The molecule has 3 aromatic rings. The van der Waals surface area contributed by atoms with E-state index in [2.05, 4.69) is 41.7 Å². The minimum absolute atomic E-state index is 0.488. The van der Waals surface area contributed by atoms with Gasteiger partial charge in [-0.15, -0.1) is 0 Å². The molecule has 1 atom stereocenters. The highest BCUT2D eigenvalue weighted by Gasteiger charge is 2.07. The van der Waals surface area contributed by atoms with Gasteiger partial charge in [0, 0.05) is 13.1 Å². The van der Waals surface area contributed by atoms with Crippen LogP contribution in [0.3, 0.4) is 0 Å². The van der Waals surface area contributed by atoms with E-state index >= 15 is 0 Å². The predicted molar refractivity (Wildman–Crippen MR) is 87.1 cm³/mol. The number of fused-ring (bicyclic) bond motifs is 1. The summed E-state index contributed by atoms with van der Waals surface area (Å²) in [5, 5.41) is 16.0. The van der Waals surface area contributed by atoms with E-state index in [0.29, 0.717) is 6.54 Å². The van der Waals surface area contributed by atoms with Gasteiger partial charge in [-0.2, -0.15) is 0 Å². The monoisotopic (exact) mass is 277 g/mol. The van der Waals surface area contributed by atoms with Crippen LogP contribution in [0.4, 0.5) is 0 Å². The Morgan fingerprint density at radius 2 is 1.52 bits per heavy atom. The highest BCUT2D eigenvalue weighted by molar-refractivity contribution is 5.83. The zero-order valence-corrected chi connectivity index (χ0v) is 11.9. The smallest absolute Gasteiger partial charge is 0.0914 e. The molecule has 2 heteroatoms. The number of benzene rings is 3. The number of nitrogens with one attached hydrogen (secondary N) is 1. The van der Waals surface area contributed by atoms with E-state index in [1.807, 2.05) is 36.4 Å². The molecule has 0 aliphatic carbocycles. The fourth-order valence-electron chi connectivity index (χ4n) is 2.48. The van der Waals surface area contributed by atoms with Gasteiger partial charge in [0.15, 0.2) is 0 Å². The molecule has 0 spiro atoms. The first-order chi connectivity index (χ1) is 10.3. The lowest BCUT2D eigenvalue weighted by Gasteiger charge is -2.13. The average Bonchev–Trinajstić information content (AvgIpc) is 2.55. The van der Waals surface area contributed by atoms with Gasteiger partial charge in [0.2, 0.25) is 0 Å². The molecule has 3 rings (SSSR count). The van der Waals surface area contributed by atoms with E-state index < -0.39 is 6.10 Å². The molecule has 0 aliphatic heterocycles. The Morgan fingerprint density at radius 1 is 0.810 bits per heavy atom. The van der Waals surface area contributed by atoms with Crippen LogP contribution in [-0.2, 0) is 6.54 Å². The fraction of sp³-hybridized carbons (Fsp3) is 0.158. The second-order valence-electron chi connectivity index (χ2n) is 5.24. The van der Waals surface area contributed by atoms with Gasteiger partial charge in [-0.05, 0) is 28.0 Å². The number of aliphatic hydroxyl groups excluding tert-OH is 1. The molecule has 2 N–H and O–H groups in total. The first-order valence-corrected chi connectivity index (χ1v) is 7.24. The van der Waals surface area contributed by atoms with Gasteiger partial charge < -0.3 is 10.4 Å². The van der Waals surface area contributed by atoms with Crippen LogP contribution in [0.25, 0.3) is 10.8 Å². The third-order valence-corrected chi connectivity index (χ3v) is 3.67. The van der Waals surface area contributed by atoms with Gasteiger partial charge in [-0.25, -0.2) is 0 Å². The van der Waals surface area contributed by atoms with Crippen molar-refractivity contribution in [3.05, 3.63) is 83.9 Å². The third kappa shape index (κ3) is 3.48. The summed E-state index contributed by atoms with van der Waals surface area (Å²) in [5.41, 5.74) is 2.18. The highest BCUT2D eigenvalue weighted by atomic mass is 16.3. The Morgan fingerprint density at radius 3 is 2.33 bits per heavy atom. The molecule has 106 valence electrons. The summed E-state index contributed by atoms with van der Waals surface area (Å²) in [6, 6.07) is 24.5. The van der Waals surface area contributed by atoms with E-state index in [-0.39, 0.29) is 0 Å². The van der Waals surface area contributed by atoms with Crippen molar-refractivity contribution in [2.24, 2.45) is 0 Å². The Hall–Kier alpha value is -2.16. The fourth-order valence-corrected chi connectivity index (χ4v) is 2.48. The summed E-state index contributed by atoms with van der Waals surface area (Å²) in [6.07, 6.45) is -0.488. The quantitative estimate of drug-likeness (QED) is 0.746. The molecule has 0 bridgehead atoms. The topological polar surface area (TPSA) is 32.3 Å². The molecule has 0 aliphatic rings. The summed E-state index contributed by atoms with van der Waals surface area (Å²) >= 11 is 0. The summed E-state index contributed by atoms with van der Waals surface area (Å²) in [5.74, 6) is 0. The highest BCUT2D eigenvalue weighted by Crippen LogP contribution is 2.20. The van der Waals surface area contributed by atoms with Crippen molar-refractivity contribution in [3.63, 3.8) is 0 Å². The van der Waals surface area contributed by atoms with Gasteiger partial charge in [-0.3, -0.25) is 0 Å². The Bertz CT molecular complexity index is 709. The Labute approximate surface area is 125 Å². The third-order valence-electron chi connectivity index (χ3n) is 3.67. The zero-order chi connectivity index (χ0) is 14.5. The summed E-state index contributed by atoms with van der Waals surface area (Å²) < 4.78 is 0. The van der Waals surface area contributed by atoms with Crippen molar-refractivity contribution >= 4 is 10.8 Å². The van der Waals surface area contributed by atoms with E-state index in [4.69, 9.17) is 0 Å². The first-order valence-electron chi connectivity index (χ1n) is 7.24. The second kappa shape index (κ2) is 6.53. The van der Waals surface area contributed by atoms with Crippen LogP contribution in [0, 0.1) is 0 Å². The van der Waals surface area contributed by atoms with Crippen LogP contribution < -0.4 is 5.32 Å². The molecule has 2 nitrogen and oxygen atoms in total. The van der Waals surface area contributed by atoms with Gasteiger partial charge in [-0.1, -0.05) is 66.7 Å². The molecule has 0 amide bonds. The SMILES string of the molecule is OC(CNCc1ccccc1)c1ccc2ccccc2c1. The van der Waals surface area contributed by atoms with Crippen LogP contribution in [0.5, 0.6) is 0 Å². The minimum atomic E-state index is -0.488. The molecule has 21 heavy (non-hydrogen) atoms. The van der Waals surface area contributed by atoms with Crippen molar-refractivity contribution in [2.75, 3.05) is 6.54 Å². The van der Waals surface area contributed by atoms with Crippen molar-refractivity contribution < 1.29 is 5.11 Å². The maximum atomic E-state index is 10.3. The largest absolute Gasteiger partial charge is 0.387 e. The van der Waals surface area contributed by atoms with Crippen LogP contribution in [0.15, 0.2) is 72.8 Å². The maximum Gasteiger partial charge on any atom is 0.0914 e. The van der Waals surface area contributed by atoms with Gasteiger partial charge in [0.25, 0.3) is 0 Å². The lowest BCUT2D eigenvalue weighted by molar-refractivity contribution is 0.174. The lowest BCUT2D eigenvalue weighted by atomic mass is 10.0. The molecule has 1 unspecified atom stereocenters. The standard InChI is InChI=1S/C19H19NO/c21-19(14-20-13-15-6-2-1-3-7-15)18-11-10-16-8-4-5-9-17(16)12-18/h1-12,19-21H,13-14H2. The predicted octanol–water partition coefficient (Wildman–Crippen LogP) is 3.66. The van der Waals surface area contributed by atoms with Crippen molar-refractivity contribution in [2.45, 2.75) is 12.6 Å². The first kappa shape index (κ1) is 13.8. The normalized spacial score (nSPS) is 12.4. The van der Waals surface area contributed by atoms with Crippen LogP contribution in [0.2, 0.25) is 0 Å². The van der Waals surface area contributed by atoms with Crippen molar-refractivity contribution in [3.8, 4) is 0 Å². The lowest BCUT2D eigenvalue weighted by Crippen LogP contribution is -2.21. The van der Waals surface area contributed by atoms with E-state index in [0.717, 1.165) is 17.5 Å². The molecule has 3 aromatic carbocycles. The molecule has 0 radical (unpaired) electrons. The summed E-state index contributed by atoms with van der Waals surface area (Å²) in [7, 11) is 0. The average molecular weight is 277 g/mol. The number of aliphatic hydroxyl groups is 1. The van der Waals surface area contributed by atoms with Crippen molar-refractivity contribution in [1.82, 2.24) is 5.32 Å². The molecule has 0 saturated carbocycles. The zero-order valence-electron chi connectivity index (χ0n) is 11.9. The van der Waals surface area contributed by atoms with Crippen LogP contribution >= 0.6 is 0 Å². The molecular weight excluding hydrogens is 258 g/mol. The van der Waals surface area contributed by atoms with Crippen LogP contribution in [-0.4, -0.2) is 11.7 Å². The van der Waals surface area contributed by atoms with Gasteiger partial charge in [0.1, 0.15) is 0 Å². The Kier molecular flexibility index (Phi) is 4.29. The van der Waals surface area contributed by atoms with Crippen LogP contribution in [0.1, 0.15) is 17.2 Å². The summed E-state index contributed by atoms with van der Waals surface area (Å²) in [4.78, 5) is 0. The van der Waals surface area contributed by atoms with Crippen molar-refractivity contribution in [1.29, 1.82) is 0 Å². The van der Waals surface area contributed by atoms with Gasteiger partial charge in [0.05, 0.1) is 6.10 Å². The number of rotatable bonds is 5. The van der Waals surface area contributed by atoms with E-state index in [1.54, 1.807) is 0 Å². The number of hydrogen-bond donors (Lipinski definition) is 2. The van der Waals surface area contributed by atoms with E-state index in [1.165, 1.54) is 10.9 Å². The van der Waals surface area contributed by atoms with Gasteiger partial charge >= 0.3 is 0 Å². The molecule has 0 heterocycles. The number of hydrogen-bond acceptors (Lipinski definition) is 2. The molecular formula is C19H19NO. The Balaban J connectivity index is 1.62. The van der Waals surface area contributed by atoms with E-state index in [9.17, 15) is 5.11 Å². The second-order valence-corrected chi connectivity index (χ2v) is 5.24. The molecule has 0 aromatic heterocycles. The maximum absolute atomic E-state index is 10.3. The summed E-state index contributed by atoms with van der Waals surface area (Å²) in [6.45, 7) is 1.32. The molecule has 0 fully saturated rings. The minimum Gasteiger partial charge on any atom is -0.387 e.